The third-order valence-electron chi connectivity index (χ3n) is 9.56. The number of ether oxygens (including phenoxy) is 4. The lowest BCUT2D eigenvalue weighted by molar-refractivity contribution is -0.144. The molecular weight excluding hydrogens is 588 g/mol. The second-order valence-electron chi connectivity index (χ2n) is 13.3. The zero-order chi connectivity index (χ0) is 33.9. The van der Waals surface area contributed by atoms with Crippen LogP contribution in [0.4, 0.5) is 0 Å². The molecule has 2 aliphatic rings. The van der Waals surface area contributed by atoms with Crippen molar-refractivity contribution < 1.29 is 38.1 Å². The molecule has 6 atom stereocenters. The maximum Gasteiger partial charge on any atom is 0.365 e. The lowest BCUT2D eigenvalue weighted by Crippen LogP contribution is -2.56. The predicted octanol–water partition coefficient (Wildman–Crippen LogP) is 7.06. The normalized spacial score (nSPS) is 19.7. The molecule has 2 saturated heterocycles. The number of nitrogens with zero attached hydrogens (tertiary/aromatic N) is 2. The number of esters is 2. The fourth-order valence-electron chi connectivity index (χ4n) is 6.66. The van der Waals surface area contributed by atoms with Crippen LogP contribution in [0.2, 0.25) is 0 Å². The molecule has 2 fully saturated rings. The molecule has 0 saturated carbocycles. The van der Waals surface area contributed by atoms with Gasteiger partial charge >= 0.3 is 23.9 Å². The summed E-state index contributed by atoms with van der Waals surface area (Å²) in [5.74, 6) is -0.541. The lowest BCUT2D eigenvalue weighted by atomic mass is 9.99. The summed E-state index contributed by atoms with van der Waals surface area (Å²) in [4.78, 5) is 51.7. The van der Waals surface area contributed by atoms with Crippen LogP contribution < -0.4 is 0 Å². The number of carbonyl (C=O) groups excluding carboxylic acids is 4. The SMILES string of the molecule is CCOC(=O)CCCCCCCCCC(C)N(C1OC1=O)C(C)C(C)N(C(C)CCCCCCCCCC(=O)OCC)C1OC1=O. The molecule has 2 aliphatic heterocycles. The topological polar surface area (TPSA) is 118 Å². The molecule has 10 nitrogen and oxygen atoms in total. The third-order valence-corrected chi connectivity index (χ3v) is 9.56. The standard InChI is InChI=1S/C36H64N2O8/c1-7-43-31(39)25-21-17-13-9-11-15-19-23-27(3)37(33-35(41)45-33)29(5)30(6)38(34-36(42)46-34)28(4)24-20-16-12-10-14-18-22-26-32(40)44-8-2/h27-30,33-34H,7-26H2,1-6H3. The Bertz CT molecular complexity index is 842. The molecule has 0 spiro atoms. The van der Waals surface area contributed by atoms with Gasteiger partial charge in [0.15, 0.2) is 0 Å². The van der Waals surface area contributed by atoms with Crippen LogP contribution in [0.25, 0.3) is 0 Å². The summed E-state index contributed by atoms with van der Waals surface area (Å²) in [6, 6.07) is 0.340. The van der Waals surface area contributed by atoms with Gasteiger partial charge in [0.25, 0.3) is 12.5 Å². The molecule has 0 amide bonds. The van der Waals surface area contributed by atoms with Crippen LogP contribution in [0.15, 0.2) is 0 Å². The number of cyclic esters (lactones) is 2. The maximum atomic E-state index is 12.2. The smallest absolute Gasteiger partial charge is 0.365 e. The predicted molar refractivity (Wildman–Crippen MR) is 178 cm³/mol. The molecule has 0 bridgehead atoms. The number of hydrogen-bond donors (Lipinski definition) is 0. The quantitative estimate of drug-likeness (QED) is 0.0360. The summed E-state index contributed by atoms with van der Waals surface area (Å²) in [5.41, 5.74) is 0. The van der Waals surface area contributed by atoms with Crippen LogP contribution in [0, 0.1) is 0 Å². The van der Waals surface area contributed by atoms with Crippen molar-refractivity contribution in [2.24, 2.45) is 0 Å². The second kappa shape index (κ2) is 22.4. The van der Waals surface area contributed by atoms with Crippen LogP contribution in [0.3, 0.4) is 0 Å². The van der Waals surface area contributed by atoms with Gasteiger partial charge in [0, 0.05) is 37.0 Å². The highest BCUT2D eigenvalue weighted by Gasteiger charge is 2.53. The number of hydrogen-bond acceptors (Lipinski definition) is 10. The minimum absolute atomic E-state index is 0.0000869. The van der Waals surface area contributed by atoms with Gasteiger partial charge < -0.3 is 18.9 Å². The summed E-state index contributed by atoms with van der Waals surface area (Å²) < 4.78 is 20.7. The highest BCUT2D eigenvalue weighted by atomic mass is 16.7. The molecule has 266 valence electrons. The molecular formula is C36H64N2O8. The van der Waals surface area contributed by atoms with Gasteiger partial charge in [-0.1, -0.05) is 77.0 Å². The van der Waals surface area contributed by atoms with E-state index in [2.05, 4.69) is 37.5 Å². The van der Waals surface area contributed by atoms with E-state index in [-0.39, 0.29) is 48.0 Å². The molecule has 46 heavy (non-hydrogen) atoms. The van der Waals surface area contributed by atoms with Crippen LogP contribution in [0.1, 0.15) is 157 Å². The second-order valence-corrected chi connectivity index (χ2v) is 13.3. The maximum absolute atomic E-state index is 12.2. The fraction of sp³-hybridized carbons (Fsp3) is 0.889. The Balaban J connectivity index is 1.73. The van der Waals surface area contributed by atoms with Gasteiger partial charge in [0.05, 0.1) is 13.2 Å². The third kappa shape index (κ3) is 15.1. The zero-order valence-corrected chi connectivity index (χ0v) is 29.8. The number of epoxide rings is 2. The van der Waals surface area contributed by atoms with Crippen LogP contribution in [0.5, 0.6) is 0 Å². The summed E-state index contributed by atoms with van der Waals surface area (Å²) in [6.45, 7) is 13.2. The van der Waals surface area contributed by atoms with Gasteiger partial charge in [-0.15, -0.1) is 0 Å². The Kier molecular flexibility index (Phi) is 19.5. The van der Waals surface area contributed by atoms with Crippen molar-refractivity contribution in [3.05, 3.63) is 0 Å². The Labute approximate surface area is 278 Å². The molecule has 0 aromatic rings. The van der Waals surface area contributed by atoms with Crippen molar-refractivity contribution in [2.45, 2.75) is 194 Å². The van der Waals surface area contributed by atoms with Crippen LogP contribution >= 0.6 is 0 Å². The van der Waals surface area contributed by atoms with E-state index in [0.717, 1.165) is 89.9 Å². The van der Waals surface area contributed by atoms with E-state index in [1.807, 2.05) is 13.8 Å². The highest BCUT2D eigenvalue weighted by Crippen LogP contribution is 2.33. The lowest BCUT2D eigenvalue weighted by Gasteiger charge is -2.41. The van der Waals surface area contributed by atoms with Gasteiger partial charge in [0.2, 0.25) is 0 Å². The number of carbonyl (C=O) groups is 4. The first-order valence-electron chi connectivity index (χ1n) is 18.4. The van der Waals surface area contributed by atoms with Crippen molar-refractivity contribution in [1.82, 2.24) is 9.80 Å². The van der Waals surface area contributed by atoms with Crippen molar-refractivity contribution >= 4 is 23.9 Å². The first-order valence-corrected chi connectivity index (χ1v) is 18.4. The Hall–Kier alpha value is -2.20. The van der Waals surface area contributed by atoms with E-state index in [9.17, 15) is 19.2 Å². The zero-order valence-electron chi connectivity index (χ0n) is 29.8. The van der Waals surface area contributed by atoms with Crippen molar-refractivity contribution in [3.8, 4) is 0 Å². The molecule has 0 radical (unpaired) electrons. The molecule has 6 unspecified atom stereocenters. The molecule has 0 N–H and O–H groups in total. The van der Waals surface area contributed by atoms with Crippen molar-refractivity contribution in [1.29, 1.82) is 0 Å². The summed E-state index contributed by atoms with van der Waals surface area (Å²) >= 11 is 0. The van der Waals surface area contributed by atoms with Crippen molar-refractivity contribution in [2.75, 3.05) is 13.2 Å². The molecule has 2 heterocycles. The molecule has 0 aromatic heterocycles. The minimum atomic E-state index is -0.503. The monoisotopic (exact) mass is 652 g/mol. The molecule has 10 heteroatoms. The summed E-state index contributed by atoms with van der Waals surface area (Å²) in [5, 5.41) is 0. The van der Waals surface area contributed by atoms with Gasteiger partial charge in [-0.05, 0) is 67.2 Å². The molecule has 0 aromatic carbocycles. The fourth-order valence-corrected chi connectivity index (χ4v) is 6.66. The summed E-state index contributed by atoms with van der Waals surface area (Å²) in [6.07, 6.45) is 17.2. The molecule has 2 rings (SSSR count). The van der Waals surface area contributed by atoms with Gasteiger partial charge in [-0.2, -0.15) is 0 Å². The number of rotatable bonds is 29. The Morgan fingerprint density at radius 2 is 0.848 bits per heavy atom. The van der Waals surface area contributed by atoms with Crippen molar-refractivity contribution in [3.63, 3.8) is 0 Å². The van der Waals surface area contributed by atoms with Gasteiger partial charge in [-0.3, -0.25) is 19.4 Å². The van der Waals surface area contributed by atoms with E-state index in [1.165, 1.54) is 12.8 Å². The van der Waals surface area contributed by atoms with Gasteiger partial charge in [-0.25, -0.2) is 9.59 Å². The van der Waals surface area contributed by atoms with Gasteiger partial charge in [0.1, 0.15) is 0 Å². The summed E-state index contributed by atoms with van der Waals surface area (Å²) in [7, 11) is 0. The number of unbranched alkanes of at least 4 members (excludes halogenated alkanes) is 12. The van der Waals surface area contributed by atoms with Crippen LogP contribution in [-0.4, -0.2) is 83.5 Å². The Morgan fingerprint density at radius 1 is 0.565 bits per heavy atom. The highest BCUT2D eigenvalue weighted by molar-refractivity contribution is 5.87. The average molecular weight is 653 g/mol. The molecule has 0 aliphatic carbocycles. The first kappa shape index (κ1) is 40.0. The first-order chi connectivity index (χ1) is 22.1. The minimum Gasteiger partial charge on any atom is -0.466 e. The van der Waals surface area contributed by atoms with E-state index >= 15 is 0 Å². The largest absolute Gasteiger partial charge is 0.466 e. The van der Waals surface area contributed by atoms with E-state index in [1.54, 1.807) is 0 Å². The van der Waals surface area contributed by atoms with E-state index in [0.29, 0.717) is 26.1 Å². The van der Waals surface area contributed by atoms with E-state index in [4.69, 9.17) is 18.9 Å². The average Bonchev–Trinajstić information content (AvgIpc) is 3.93. The Morgan fingerprint density at radius 3 is 1.13 bits per heavy atom. The van der Waals surface area contributed by atoms with E-state index < -0.39 is 12.5 Å². The van der Waals surface area contributed by atoms with Crippen LogP contribution in [-0.2, 0) is 38.1 Å².